The van der Waals surface area contributed by atoms with Crippen LogP contribution in [-0.4, -0.2) is 9.55 Å². The van der Waals surface area contributed by atoms with Crippen molar-refractivity contribution in [2.24, 2.45) is 0 Å². The third-order valence-electron chi connectivity index (χ3n) is 3.56. The van der Waals surface area contributed by atoms with Gasteiger partial charge in [0, 0.05) is 6.04 Å². The fourth-order valence-corrected chi connectivity index (χ4v) is 3.13. The minimum absolute atomic E-state index is 0.609. The summed E-state index contributed by atoms with van der Waals surface area (Å²) in [6, 6.07) is 9.02. The molecule has 3 heteroatoms. The second-order valence-electron chi connectivity index (χ2n) is 4.61. The molecule has 16 heavy (non-hydrogen) atoms. The number of rotatable bonds is 1. The highest BCUT2D eigenvalue weighted by Gasteiger charge is 2.17. The zero-order valence-electron chi connectivity index (χ0n) is 9.28. The van der Waals surface area contributed by atoms with Crippen LogP contribution in [0.2, 0.25) is 0 Å². The van der Waals surface area contributed by atoms with Gasteiger partial charge in [0.15, 0.2) is 4.77 Å². The monoisotopic (exact) mass is 232 g/mol. The van der Waals surface area contributed by atoms with Crippen molar-refractivity contribution in [1.29, 1.82) is 0 Å². The number of H-pyrrole nitrogens is 1. The lowest BCUT2D eigenvalue weighted by Gasteiger charge is -2.23. The number of fused-ring (bicyclic) bond motifs is 1. The third kappa shape index (κ3) is 1.59. The maximum atomic E-state index is 5.44. The van der Waals surface area contributed by atoms with Crippen LogP contribution in [0.5, 0.6) is 0 Å². The summed E-state index contributed by atoms with van der Waals surface area (Å²) in [6.07, 6.45) is 6.61. The van der Waals surface area contributed by atoms with Crippen molar-refractivity contribution in [1.82, 2.24) is 9.55 Å². The highest BCUT2D eigenvalue weighted by molar-refractivity contribution is 7.71. The molecule has 0 saturated heterocycles. The lowest BCUT2D eigenvalue weighted by Crippen LogP contribution is -2.12. The van der Waals surface area contributed by atoms with Crippen molar-refractivity contribution in [3.63, 3.8) is 0 Å². The van der Waals surface area contributed by atoms with Gasteiger partial charge in [-0.05, 0) is 37.2 Å². The molecule has 1 heterocycles. The van der Waals surface area contributed by atoms with E-state index in [2.05, 4.69) is 33.8 Å². The Kier molecular flexibility index (Phi) is 2.56. The Bertz CT molecular complexity index is 546. The fourth-order valence-electron chi connectivity index (χ4n) is 2.78. The van der Waals surface area contributed by atoms with Crippen LogP contribution in [0.3, 0.4) is 0 Å². The first kappa shape index (κ1) is 10.1. The molecule has 2 aromatic rings. The molecule has 1 fully saturated rings. The first-order valence-electron chi connectivity index (χ1n) is 6.05. The van der Waals surface area contributed by atoms with Crippen molar-refractivity contribution in [3.05, 3.63) is 29.0 Å². The Balaban J connectivity index is 2.14. The topological polar surface area (TPSA) is 20.7 Å². The molecule has 1 aromatic carbocycles. The van der Waals surface area contributed by atoms with Gasteiger partial charge in [-0.25, -0.2) is 0 Å². The number of nitrogens with zero attached hydrogens (tertiary/aromatic N) is 1. The second-order valence-corrected chi connectivity index (χ2v) is 5.00. The molecule has 0 spiro atoms. The normalized spacial score (nSPS) is 18.0. The molecule has 0 atom stereocenters. The van der Waals surface area contributed by atoms with E-state index in [-0.39, 0.29) is 0 Å². The summed E-state index contributed by atoms with van der Waals surface area (Å²) in [5, 5.41) is 0. The number of para-hydroxylation sites is 2. The Hall–Kier alpha value is -1.09. The highest BCUT2D eigenvalue weighted by atomic mass is 32.1. The molecule has 0 amide bonds. The van der Waals surface area contributed by atoms with Gasteiger partial charge in [0.1, 0.15) is 0 Å². The number of nitrogens with one attached hydrogen (secondary N) is 1. The van der Waals surface area contributed by atoms with Crippen molar-refractivity contribution in [3.8, 4) is 0 Å². The molecule has 84 valence electrons. The summed E-state index contributed by atoms with van der Waals surface area (Å²) in [7, 11) is 0. The lowest BCUT2D eigenvalue weighted by molar-refractivity contribution is 0.357. The van der Waals surface area contributed by atoms with E-state index >= 15 is 0 Å². The number of hydrogen-bond acceptors (Lipinski definition) is 1. The molecular weight excluding hydrogens is 216 g/mol. The standard InChI is InChI=1S/C13H16N2S/c16-13-14-11-8-4-5-9-12(11)15(13)10-6-2-1-3-7-10/h4-5,8-10H,1-3,6-7H2,(H,14,16). The van der Waals surface area contributed by atoms with Crippen LogP contribution >= 0.6 is 12.2 Å². The van der Waals surface area contributed by atoms with Crippen LogP contribution in [0.1, 0.15) is 38.1 Å². The molecule has 2 nitrogen and oxygen atoms in total. The SMILES string of the molecule is S=c1[nH]c2ccccc2n1C1CCCCC1. The first-order valence-corrected chi connectivity index (χ1v) is 6.46. The van der Waals surface area contributed by atoms with Gasteiger partial charge in [0.05, 0.1) is 11.0 Å². The van der Waals surface area contributed by atoms with Crippen molar-refractivity contribution < 1.29 is 0 Å². The number of benzene rings is 1. The van der Waals surface area contributed by atoms with Gasteiger partial charge in [-0.15, -0.1) is 0 Å². The third-order valence-corrected chi connectivity index (χ3v) is 3.86. The molecular formula is C13H16N2S. The van der Waals surface area contributed by atoms with E-state index in [1.54, 1.807) is 0 Å². The number of imidazole rings is 1. The average molecular weight is 232 g/mol. The average Bonchev–Trinajstić information content (AvgIpc) is 2.66. The van der Waals surface area contributed by atoms with Crippen molar-refractivity contribution in [2.45, 2.75) is 38.1 Å². The van der Waals surface area contributed by atoms with Crippen LogP contribution in [-0.2, 0) is 0 Å². The van der Waals surface area contributed by atoms with Gasteiger partial charge in [-0.2, -0.15) is 0 Å². The van der Waals surface area contributed by atoms with Crippen molar-refractivity contribution >= 4 is 23.3 Å². The minimum Gasteiger partial charge on any atom is -0.331 e. The van der Waals surface area contributed by atoms with Crippen LogP contribution in [0, 0.1) is 4.77 Å². The molecule has 3 rings (SSSR count). The Morgan fingerprint density at radius 3 is 2.69 bits per heavy atom. The maximum absolute atomic E-state index is 5.44. The molecule has 1 N–H and O–H groups in total. The summed E-state index contributed by atoms with van der Waals surface area (Å²) >= 11 is 5.44. The molecule has 0 unspecified atom stereocenters. The van der Waals surface area contributed by atoms with Crippen LogP contribution in [0.15, 0.2) is 24.3 Å². The van der Waals surface area contributed by atoms with Crippen molar-refractivity contribution in [2.75, 3.05) is 0 Å². The predicted molar refractivity (Wildman–Crippen MR) is 69.2 cm³/mol. The van der Waals surface area contributed by atoms with E-state index in [9.17, 15) is 0 Å². The highest BCUT2D eigenvalue weighted by Crippen LogP contribution is 2.31. The lowest BCUT2D eigenvalue weighted by atomic mass is 9.95. The Labute approximate surface area is 100 Å². The second kappa shape index (κ2) is 4.06. The van der Waals surface area contributed by atoms with Gasteiger partial charge < -0.3 is 9.55 Å². The van der Waals surface area contributed by atoms with Crippen LogP contribution < -0.4 is 0 Å². The molecule has 1 aliphatic rings. The summed E-state index contributed by atoms with van der Waals surface area (Å²) < 4.78 is 3.21. The predicted octanol–water partition coefficient (Wildman–Crippen LogP) is 4.20. The molecule has 0 bridgehead atoms. The van der Waals surface area contributed by atoms with Crippen LogP contribution in [0.4, 0.5) is 0 Å². The molecule has 1 aromatic heterocycles. The molecule has 1 saturated carbocycles. The number of aromatic nitrogens is 2. The minimum atomic E-state index is 0.609. The molecule has 0 radical (unpaired) electrons. The quantitative estimate of drug-likeness (QED) is 0.731. The van der Waals surface area contributed by atoms with E-state index in [0.29, 0.717) is 6.04 Å². The van der Waals surface area contributed by atoms with Gasteiger partial charge >= 0.3 is 0 Å². The molecule has 1 aliphatic carbocycles. The maximum Gasteiger partial charge on any atom is 0.178 e. The van der Waals surface area contributed by atoms with E-state index in [0.717, 1.165) is 10.3 Å². The van der Waals surface area contributed by atoms with Crippen LogP contribution in [0.25, 0.3) is 11.0 Å². The fraction of sp³-hybridized carbons (Fsp3) is 0.462. The van der Waals surface area contributed by atoms with Gasteiger partial charge in [-0.3, -0.25) is 0 Å². The summed E-state index contributed by atoms with van der Waals surface area (Å²) in [5.41, 5.74) is 2.43. The zero-order valence-corrected chi connectivity index (χ0v) is 10.1. The zero-order chi connectivity index (χ0) is 11.0. The molecule has 0 aliphatic heterocycles. The summed E-state index contributed by atoms with van der Waals surface area (Å²) in [6.45, 7) is 0. The Morgan fingerprint density at radius 2 is 1.88 bits per heavy atom. The first-order chi connectivity index (χ1) is 7.86. The largest absolute Gasteiger partial charge is 0.331 e. The van der Waals surface area contributed by atoms with Gasteiger partial charge in [0.2, 0.25) is 0 Å². The smallest absolute Gasteiger partial charge is 0.178 e. The number of hydrogen-bond donors (Lipinski definition) is 1. The van der Waals surface area contributed by atoms with E-state index in [1.165, 1.54) is 37.6 Å². The Morgan fingerprint density at radius 1 is 1.12 bits per heavy atom. The summed E-state index contributed by atoms with van der Waals surface area (Å²) in [5.74, 6) is 0. The van der Waals surface area contributed by atoms with Gasteiger partial charge in [-0.1, -0.05) is 31.4 Å². The summed E-state index contributed by atoms with van der Waals surface area (Å²) in [4.78, 5) is 3.30. The number of aromatic amines is 1. The van der Waals surface area contributed by atoms with E-state index < -0.39 is 0 Å². The van der Waals surface area contributed by atoms with Gasteiger partial charge in [0.25, 0.3) is 0 Å². The van der Waals surface area contributed by atoms with E-state index in [4.69, 9.17) is 12.2 Å². The van der Waals surface area contributed by atoms with E-state index in [1.807, 2.05) is 0 Å².